The Hall–Kier alpha value is -1.58. The molecule has 1 rings (SSSR count). The fourth-order valence-corrected chi connectivity index (χ4v) is 1.32. The topological polar surface area (TPSA) is 41.1 Å². The highest BCUT2D eigenvalue weighted by molar-refractivity contribution is 5.74. The van der Waals surface area contributed by atoms with Crippen molar-refractivity contribution >= 4 is 6.03 Å². The molecule has 0 fully saturated rings. The van der Waals surface area contributed by atoms with Gasteiger partial charge in [-0.25, -0.2) is 9.18 Å². The van der Waals surface area contributed by atoms with Crippen molar-refractivity contribution in [3.8, 4) is 0 Å². The van der Waals surface area contributed by atoms with Crippen LogP contribution >= 0.6 is 0 Å². The molecule has 0 aliphatic rings. The van der Waals surface area contributed by atoms with Crippen LogP contribution in [0.15, 0.2) is 24.3 Å². The van der Waals surface area contributed by atoms with Gasteiger partial charge in [-0.2, -0.15) is 0 Å². The maximum Gasteiger partial charge on any atom is 0.315 e. The first kappa shape index (κ1) is 12.5. The van der Waals surface area contributed by atoms with Gasteiger partial charge in [-0.3, -0.25) is 0 Å². The molecule has 0 bridgehead atoms. The molecule has 1 atom stereocenters. The van der Waals surface area contributed by atoms with Crippen LogP contribution in [-0.4, -0.2) is 12.6 Å². The zero-order valence-electron chi connectivity index (χ0n) is 9.59. The van der Waals surface area contributed by atoms with Gasteiger partial charge in [0.15, 0.2) is 0 Å². The number of urea groups is 1. The van der Waals surface area contributed by atoms with Crippen molar-refractivity contribution in [3.63, 3.8) is 0 Å². The van der Waals surface area contributed by atoms with Crippen LogP contribution in [0, 0.1) is 5.82 Å². The van der Waals surface area contributed by atoms with Gasteiger partial charge in [0.25, 0.3) is 0 Å². The van der Waals surface area contributed by atoms with Crippen LogP contribution in [0.25, 0.3) is 0 Å². The molecule has 2 amide bonds. The predicted molar refractivity (Wildman–Crippen MR) is 61.6 cm³/mol. The molecule has 88 valence electrons. The standard InChI is InChI=1S/C12H17FN2O/c1-3-8-14-12(16)15-9(2)10-4-6-11(13)7-5-10/h4-7,9H,3,8H2,1-2H3,(H2,14,15,16). The third kappa shape index (κ3) is 3.88. The van der Waals surface area contributed by atoms with E-state index in [2.05, 4.69) is 10.6 Å². The molecule has 1 aromatic carbocycles. The van der Waals surface area contributed by atoms with Crippen LogP contribution < -0.4 is 10.6 Å². The number of benzene rings is 1. The summed E-state index contributed by atoms with van der Waals surface area (Å²) >= 11 is 0. The van der Waals surface area contributed by atoms with Crippen molar-refractivity contribution in [2.45, 2.75) is 26.3 Å². The summed E-state index contributed by atoms with van der Waals surface area (Å²) in [4.78, 5) is 11.4. The summed E-state index contributed by atoms with van der Waals surface area (Å²) in [6.45, 7) is 4.50. The first-order valence-electron chi connectivity index (χ1n) is 5.43. The molecule has 3 nitrogen and oxygen atoms in total. The van der Waals surface area contributed by atoms with Gasteiger partial charge in [0.1, 0.15) is 5.82 Å². The van der Waals surface area contributed by atoms with Crippen LogP contribution in [0.2, 0.25) is 0 Å². The molecule has 2 N–H and O–H groups in total. The molecule has 0 heterocycles. The summed E-state index contributed by atoms with van der Waals surface area (Å²) in [5.41, 5.74) is 0.882. The van der Waals surface area contributed by atoms with Crippen LogP contribution in [0.4, 0.5) is 9.18 Å². The lowest BCUT2D eigenvalue weighted by molar-refractivity contribution is 0.238. The van der Waals surface area contributed by atoms with Crippen molar-refractivity contribution in [2.75, 3.05) is 6.54 Å². The minimum Gasteiger partial charge on any atom is -0.338 e. The largest absolute Gasteiger partial charge is 0.338 e. The lowest BCUT2D eigenvalue weighted by Crippen LogP contribution is -2.37. The first-order chi connectivity index (χ1) is 7.63. The van der Waals surface area contributed by atoms with E-state index in [4.69, 9.17) is 0 Å². The van der Waals surface area contributed by atoms with E-state index in [0.29, 0.717) is 6.54 Å². The number of rotatable bonds is 4. The van der Waals surface area contributed by atoms with Crippen molar-refractivity contribution in [1.82, 2.24) is 10.6 Å². The molecule has 0 spiro atoms. The summed E-state index contributed by atoms with van der Waals surface area (Å²) in [5.74, 6) is -0.272. The maximum absolute atomic E-state index is 12.7. The summed E-state index contributed by atoms with van der Waals surface area (Å²) in [7, 11) is 0. The van der Waals surface area contributed by atoms with E-state index >= 15 is 0 Å². The van der Waals surface area contributed by atoms with Crippen LogP contribution in [0.1, 0.15) is 31.9 Å². The van der Waals surface area contributed by atoms with Gasteiger partial charge in [0, 0.05) is 6.54 Å². The second kappa shape index (κ2) is 6.10. The molecule has 1 aromatic rings. The van der Waals surface area contributed by atoms with Gasteiger partial charge in [-0.1, -0.05) is 19.1 Å². The average Bonchev–Trinajstić information content (AvgIpc) is 2.27. The number of amides is 2. The Labute approximate surface area is 95.0 Å². The first-order valence-corrected chi connectivity index (χ1v) is 5.43. The molecule has 0 aliphatic heterocycles. The molecule has 0 saturated carbocycles. The molecule has 16 heavy (non-hydrogen) atoms. The normalized spacial score (nSPS) is 11.9. The van der Waals surface area contributed by atoms with Gasteiger partial charge in [0.05, 0.1) is 6.04 Å². The Balaban J connectivity index is 2.48. The minimum absolute atomic E-state index is 0.127. The van der Waals surface area contributed by atoms with Crippen molar-refractivity contribution in [1.29, 1.82) is 0 Å². The highest BCUT2D eigenvalue weighted by Gasteiger charge is 2.08. The van der Waals surface area contributed by atoms with E-state index in [1.54, 1.807) is 12.1 Å². The summed E-state index contributed by atoms with van der Waals surface area (Å²) in [5, 5.41) is 5.50. The monoisotopic (exact) mass is 224 g/mol. The van der Waals surface area contributed by atoms with Gasteiger partial charge in [-0.05, 0) is 31.0 Å². The highest BCUT2D eigenvalue weighted by Crippen LogP contribution is 2.12. The number of halogens is 1. The summed E-state index contributed by atoms with van der Waals surface area (Å²) in [6.07, 6.45) is 0.901. The van der Waals surface area contributed by atoms with E-state index < -0.39 is 0 Å². The van der Waals surface area contributed by atoms with E-state index in [-0.39, 0.29) is 17.9 Å². The summed E-state index contributed by atoms with van der Waals surface area (Å²) in [6, 6.07) is 5.78. The third-order valence-electron chi connectivity index (χ3n) is 2.25. The SMILES string of the molecule is CCCNC(=O)NC(C)c1ccc(F)cc1. The predicted octanol–water partition coefficient (Wildman–Crippen LogP) is 2.60. The number of hydrogen-bond acceptors (Lipinski definition) is 1. The number of carbonyl (C=O) groups excluding carboxylic acids is 1. The highest BCUT2D eigenvalue weighted by atomic mass is 19.1. The van der Waals surface area contributed by atoms with Crippen LogP contribution in [0.3, 0.4) is 0 Å². The molecular formula is C12H17FN2O. The Morgan fingerprint density at radius 1 is 1.38 bits per heavy atom. The Morgan fingerprint density at radius 3 is 2.56 bits per heavy atom. The number of carbonyl (C=O) groups is 1. The molecular weight excluding hydrogens is 207 g/mol. The van der Waals surface area contributed by atoms with Crippen LogP contribution in [-0.2, 0) is 0 Å². The Kier molecular flexibility index (Phi) is 4.76. The van der Waals surface area contributed by atoms with Crippen LogP contribution in [0.5, 0.6) is 0 Å². The number of nitrogens with one attached hydrogen (secondary N) is 2. The van der Waals surface area contributed by atoms with E-state index in [1.807, 2.05) is 13.8 Å². The smallest absolute Gasteiger partial charge is 0.315 e. The molecule has 0 radical (unpaired) electrons. The minimum atomic E-state index is -0.272. The van der Waals surface area contributed by atoms with Gasteiger partial charge >= 0.3 is 6.03 Å². The average molecular weight is 224 g/mol. The second-order valence-corrected chi connectivity index (χ2v) is 3.67. The van der Waals surface area contributed by atoms with E-state index in [0.717, 1.165) is 12.0 Å². The quantitative estimate of drug-likeness (QED) is 0.811. The van der Waals surface area contributed by atoms with Gasteiger partial charge in [-0.15, -0.1) is 0 Å². The Morgan fingerprint density at radius 2 is 2.00 bits per heavy atom. The van der Waals surface area contributed by atoms with E-state index in [1.165, 1.54) is 12.1 Å². The molecule has 0 aromatic heterocycles. The van der Waals surface area contributed by atoms with Crippen molar-refractivity contribution in [3.05, 3.63) is 35.6 Å². The fraction of sp³-hybridized carbons (Fsp3) is 0.417. The van der Waals surface area contributed by atoms with Gasteiger partial charge in [0.2, 0.25) is 0 Å². The zero-order valence-corrected chi connectivity index (χ0v) is 9.59. The third-order valence-corrected chi connectivity index (χ3v) is 2.25. The Bertz CT molecular complexity index is 337. The van der Waals surface area contributed by atoms with Crippen molar-refractivity contribution < 1.29 is 9.18 Å². The molecule has 1 unspecified atom stereocenters. The second-order valence-electron chi connectivity index (χ2n) is 3.67. The molecule has 0 aliphatic carbocycles. The maximum atomic E-state index is 12.7. The molecule has 4 heteroatoms. The molecule has 0 saturated heterocycles. The number of hydrogen-bond donors (Lipinski definition) is 2. The van der Waals surface area contributed by atoms with Crippen molar-refractivity contribution in [2.24, 2.45) is 0 Å². The lowest BCUT2D eigenvalue weighted by atomic mass is 10.1. The van der Waals surface area contributed by atoms with E-state index in [9.17, 15) is 9.18 Å². The zero-order chi connectivity index (χ0) is 12.0. The lowest BCUT2D eigenvalue weighted by Gasteiger charge is -2.14. The summed E-state index contributed by atoms with van der Waals surface area (Å²) < 4.78 is 12.7. The van der Waals surface area contributed by atoms with Gasteiger partial charge < -0.3 is 10.6 Å². The fourth-order valence-electron chi connectivity index (χ4n) is 1.32.